The third-order valence-corrected chi connectivity index (χ3v) is 4.06. The summed E-state index contributed by atoms with van der Waals surface area (Å²) in [7, 11) is 0. The lowest BCUT2D eigenvalue weighted by molar-refractivity contribution is -0.138. The first-order chi connectivity index (χ1) is 11.2. The molecule has 0 bridgehead atoms. The van der Waals surface area contributed by atoms with Gasteiger partial charge in [0.15, 0.2) is 0 Å². The van der Waals surface area contributed by atoms with Gasteiger partial charge in [0, 0.05) is 31.0 Å². The van der Waals surface area contributed by atoms with Crippen LogP contribution < -0.4 is 15.5 Å². The molecule has 1 aromatic rings. The molecule has 0 aliphatic heterocycles. The lowest BCUT2D eigenvalue weighted by atomic mass is 9.90. The SMILES string of the molecule is CCN(CC)c1ccc(NC(=O)C(C)(C)C(=O)NCC(C)C)cc1. The van der Waals surface area contributed by atoms with Crippen LogP contribution in [0.15, 0.2) is 24.3 Å². The molecule has 0 aliphatic rings. The molecule has 24 heavy (non-hydrogen) atoms. The number of carbonyl (C=O) groups is 2. The molecule has 2 N–H and O–H groups in total. The van der Waals surface area contributed by atoms with Gasteiger partial charge in [-0.3, -0.25) is 9.59 Å². The summed E-state index contributed by atoms with van der Waals surface area (Å²) >= 11 is 0. The second kappa shape index (κ2) is 8.71. The molecular weight excluding hydrogens is 302 g/mol. The molecule has 1 rings (SSSR count). The van der Waals surface area contributed by atoms with Crippen molar-refractivity contribution in [3.63, 3.8) is 0 Å². The fourth-order valence-electron chi connectivity index (χ4n) is 2.25. The van der Waals surface area contributed by atoms with Crippen molar-refractivity contribution in [2.45, 2.75) is 41.5 Å². The van der Waals surface area contributed by atoms with E-state index in [-0.39, 0.29) is 11.8 Å². The summed E-state index contributed by atoms with van der Waals surface area (Å²) in [6, 6.07) is 7.70. The van der Waals surface area contributed by atoms with Crippen LogP contribution in [0.5, 0.6) is 0 Å². The number of nitrogens with one attached hydrogen (secondary N) is 2. The average Bonchev–Trinajstić information content (AvgIpc) is 2.55. The molecule has 0 radical (unpaired) electrons. The van der Waals surface area contributed by atoms with Crippen molar-refractivity contribution >= 4 is 23.2 Å². The number of hydrogen-bond acceptors (Lipinski definition) is 3. The molecule has 0 saturated heterocycles. The lowest BCUT2D eigenvalue weighted by Gasteiger charge is -2.24. The van der Waals surface area contributed by atoms with E-state index >= 15 is 0 Å². The molecule has 1 aromatic carbocycles. The Labute approximate surface area is 145 Å². The van der Waals surface area contributed by atoms with Crippen LogP contribution in [0.3, 0.4) is 0 Å². The Morgan fingerprint density at radius 3 is 2.04 bits per heavy atom. The standard InChI is InChI=1S/C19H31N3O2/c1-7-22(8-2)16-11-9-15(10-12-16)21-18(24)19(5,6)17(23)20-13-14(3)4/h9-12,14H,7-8,13H2,1-6H3,(H,20,23)(H,21,24). The molecule has 0 spiro atoms. The number of hydrogen-bond donors (Lipinski definition) is 2. The van der Waals surface area contributed by atoms with Gasteiger partial charge in [-0.1, -0.05) is 13.8 Å². The largest absolute Gasteiger partial charge is 0.372 e. The Morgan fingerprint density at radius 2 is 1.58 bits per heavy atom. The third-order valence-electron chi connectivity index (χ3n) is 4.06. The molecule has 134 valence electrons. The van der Waals surface area contributed by atoms with E-state index in [0.29, 0.717) is 18.2 Å². The number of benzene rings is 1. The first kappa shape index (κ1) is 20.0. The number of rotatable bonds is 8. The molecule has 5 nitrogen and oxygen atoms in total. The van der Waals surface area contributed by atoms with Crippen LogP contribution in [0, 0.1) is 11.3 Å². The van der Waals surface area contributed by atoms with Crippen molar-refractivity contribution in [1.82, 2.24) is 5.32 Å². The van der Waals surface area contributed by atoms with E-state index in [4.69, 9.17) is 0 Å². The van der Waals surface area contributed by atoms with Gasteiger partial charge >= 0.3 is 0 Å². The second-order valence-corrected chi connectivity index (χ2v) is 6.90. The smallest absolute Gasteiger partial charge is 0.239 e. The Kier molecular flexibility index (Phi) is 7.26. The third kappa shape index (κ3) is 5.25. The van der Waals surface area contributed by atoms with Gasteiger partial charge in [-0.15, -0.1) is 0 Å². The molecule has 5 heteroatoms. The Balaban J connectivity index is 2.74. The average molecular weight is 333 g/mol. The molecule has 0 aromatic heterocycles. The highest BCUT2D eigenvalue weighted by molar-refractivity contribution is 6.09. The first-order valence-electron chi connectivity index (χ1n) is 8.67. The van der Waals surface area contributed by atoms with E-state index in [9.17, 15) is 9.59 Å². The van der Waals surface area contributed by atoms with Gasteiger partial charge < -0.3 is 15.5 Å². The van der Waals surface area contributed by atoms with E-state index in [1.54, 1.807) is 13.8 Å². The fourth-order valence-corrected chi connectivity index (χ4v) is 2.25. The van der Waals surface area contributed by atoms with Crippen LogP contribution >= 0.6 is 0 Å². The van der Waals surface area contributed by atoms with E-state index < -0.39 is 5.41 Å². The summed E-state index contributed by atoms with van der Waals surface area (Å²) in [5.41, 5.74) is 0.694. The van der Waals surface area contributed by atoms with Gasteiger partial charge in [0.1, 0.15) is 5.41 Å². The summed E-state index contributed by atoms with van der Waals surface area (Å²) < 4.78 is 0. The Hall–Kier alpha value is -2.04. The van der Waals surface area contributed by atoms with Crippen molar-refractivity contribution in [1.29, 1.82) is 0 Å². The fraction of sp³-hybridized carbons (Fsp3) is 0.579. The van der Waals surface area contributed by atoms with Crippen molar-refractivity contribution in [3.8, 4) is 0 Å². The van der Waals surface area contributed by atoms with Gasteiger partial charge in [-0.25, -0.2) is 0 Å². The molecule has 2 amide bonds. The minimum absolute atomic E-state index is 0.256. The van der Waals surface area contributed by atoms with Gasteiger partial charge in [-0.2, -0.15) is 0 Å². The quantitative estimate of drug-likeness (QED) is 0.718. The van der Waals surface area contributed by atoms with E-state index in [1.165, 1.54) is 0 Å². The van der Waals surface area contributed by atoms with Crippen LogP contribution in [-0.4, -0.2) is 31.4 Å². The van der Waals surface area contributed by atoms with Gasteiger partial charge in [0.25, 0.3) is 0 Å². The zero-order chi connectivity index (χ0) is 18.3. The monoisotopic (exact) mass is 333 g/mol. The van der Waals surface area contributed by atoms with E-state index in [0.717, 1.165) is 18.8 Å². The lowest BCUT2D eigenvalue weighted by Crippen LogP contribution is -2.46. The summed E-state index contributed by atoms with van der Waals surface area (Å²) in [6.07, 6.45) is 0. The minimum atomic E-state index is -1.12. The predicted octanol–water partition coefficient (Wildman–Crippen LogP) is 3.27. The maximum atomic E-state index is 12.5. The first-order valence-corrected chi connectivity index (χ1v) is 8.67. The number of anilines is 2. The molecule has 0 heterocycles. The van der Waals surface area contributed by atoms with Crippen LogP contribution in [0.1, 0.15) is 41.5 Å². The zero-order valence-electron chi connectivity index (χ0n) is 15.8. The molecule has 0 aliphatic carbocycles. The number of carbonyl (C=O) groups excluding carboxylic acids is 2. The van der Waals surface area contributed by atoms with Crippen molar-refractivity contribution in [2.24, 2.45) is 11.3 Å². The van der Waals surface area contributed by atoms with Gasteiger partial charge in [-0.05, 0) is 57.9 Å². The molecule has 0 fully saturated rings. The summed E-state index contributed by atoms with van der Waals surface area (Å²) in [5, 5.41) is 5.66. The van der Waals surface area contributed by atoms with Crippen LogP contribution in [0.2, 0.25) is 0 Å². The highest BCUT2D eigenvalue weighted by Crippen LogP contribution is 2.22. The highest BCUT2D eigenvalue weighted by Gasteiger charge is 2.35. The Bertz CT molecular complexity index is 546. The second-order valence-electron chi connectivity index (χ2n) is 6.90. The maximum Gasteiger partial charge on any atom is 0.239 e. The van der Waals surface area contributed by atoms with Gasteiger partial charge in [0.05, 0.1) is 0 Å². The normalized spacial score (nSPS) is 11.3. The molecule has 0 unspecified atom stereocenters. The van der Waals surface area contributed by atoms with Crippen LogP contribution in [-0.2, 0) is 9.59 Å². The van der Waals surface area contributed by atoms with Crippen LogP contribution in [0.4, 0.5) is 11.4 Å². The van der Waals surface area contributed by atoms with Crippen molar-refractivity contribution < 1.29 is 9.59 Å². The van der Waals surface area contributed by atoms with Gasteiger partial charge in [0.2, 0.25) is 11.8 Å². The Morgan fingerprint density at radius 1 is 1.04 bits per heavy atom. The van der Waals surface area contributed by atoms with Crippen LogP contribution in [0.25, 0.3) is 0 Å². The summed E-state index contributed by atoms with van der Waals surface area (Å²) in [6.45, 7) is 14.0. The van der Waals surface area contributed by atoms with E-state index in [1.807, 2.05) is 38.1 Å². The number of nitrogens with zero attached hydrogens (tertiary/aromatic N) is 1. The highest BCUT2D eigenvalue weighted by atomic mass is 16.2. The minimum Gasteiger partial charge on any atom is -0.372 e. The zero-order valence-corrected chi connectivity index (χ0v) is 15.8. The van der Waals surface area contributed by atoms with E-state index in [2.05, 4.69) is 29.4 Å². The maximum absolute atomic E-state index is 12.5. The number of amides is 2. The summed E-state index contributed by atoms with van der Waals surface area (Å²) in [5.74, 6) is -0.215. The van der Waals surface area contributed by atoms with Crippen molar-refractivity contribution in [2.75, 3.05) is 29.9 Å². The predicted molar refractivity (Wildman–Crippen MR) is 100 cm³/mol. The molecular formula is C19H31N3O2. The molecule has 0 saturated carbocycles. The summed E-state index contributed by atoms with van der Waals surface area (Å²) in [4.78, 5) is 26.9. The topological polar surface area (TPSA) is 61.4 Å². The van der Waals surface area contributed by atoms with Crippen molar-refractivity contribution in [3.05, 3.63) is 24.3 Å². The molecule has 0 atom stereocenters.